The second-order valence-corrected chi connectivity index (χ2v) is 21.5. The van der Waals surface area contributed by atoms with Crippen molar-refractivity contribution in [3.8, 4) is 0 Å². The molecule has 7 atom stereocenters. The van der Waals surface area contributed by atoms with Crippen LogP contribution < -0.4 is 15.1 Å². The molecule has 0 spiro atoms. The zero-order valence-electron chi connectivity index (χ0n) is 43.6. The molecule has 16 nitrogen and oxygen atoms in total. The maximum atomic E-state index is 17.1. The van der Waals surface area contributed by atoms with E-state index in [0.29, 0.717) is 73.7 Å². The number of carbonyl (C=O) groups is 4. The van der Waals surface area contributed by atoms with E-state index in [-0.39, 0.29) is 59.5 Å². The van der Waals surface area contributed by atoms with Crippen LogP contribution in [0.25, 0.3) is 22.1 Å². The van der Waals surface area contributed by atoms with E-state index in [1.54, 1.807) is 9.80 Å². The molecule has 75 heavy (non-hydrogen) atoms. The first-order valence-electron chi connectivity index (χ1n) is 26.6. The first-order valence-corrected chi connectivity index (χ1v) is 26.6. The van der Waals surface area contributed by atoms with Crippen molar-refractivity contribution in [3.05, 3.63) is 119 Å². The van der Waals surface area contributed by atoms with Crippen molar-refractivity contribution in [1.29, 1.82) is 0 Å². The summed E-state index contributed by atoms with van der Waals surface area (Å²) in [6.45, 7) is 8.98. The minimum Gasteiger partial charge on any atom is -0.465 e. The van der Waals surface area contributed by atoms with Gasteiger partial charge in [-0.3, -0.25) is 14.5 Å². The average Bonchev–Trinajstić information content (AvgIpc) is 4.26. The summed E-state index contributed by atoms with van der Waals surface area (Å²) >= 11 is 0. The molecule has 0 radical (unpaired) electrons. The van der Waals surface area contributed by atoms with Crippen molar-refractivity contribution in [3.63, 3.8) is 0 Å². The molecule has 18 heteroatoms. The number of alkyl carbamates (subject to hydrolysis) is 1. The van der Waals surface area contributed by atoms with Gasteiger partial charge in [0.25, 0.3) is 0 Å². The molecule has 10 rings (SSSR count). The molecule has 4 N–H and O–H groups in total. The Bertz CT molecular complexity index is 3070. The number of fused-ring (bicyclic) bond motifs is 2. The Morgan fingerprint density at radius 2 is 1.21 bits per heavy atom. The van der Waals surface area contributed by atoms with Crippen molar-refractivity contribution in [2.75, 3.05) is 43.6 Å². The lowest BCUT2D eigenvalue weighted by Crippen LogP contribution is -2.51. The van der Waals surface area contributed by atoms with Crippen LogP contribution in [0.15, 0.2) is 78.9 Å². The largest absolute Gasteiger partial charge is 0.465 e. The van der Waals surface area contributed by atoms with E-state index in [1.807, 2.05) is 99.3 Å². The lowest BCUT2D eigenvalue weighted by atomic mass is 9.94. The number of halogens is 2. The number of nitrogens with zero attached hydrogens (tertiary/aromatic N) is 7. The molecule has 4 aliphatic heterocycles. The van der Waals surface area contributed by atoms with E-state index in [4.69, 9.17) is 14.7 Å². The van der Waals surface area contributed by atoms with Crippen LogP contribution in [0.3, 0.4) is 0 Å². The summed E-state index contributed by atoms with van der Waals surface area (Å²) in [5, 5.41) is 12.5. The molecular weight excluding hydrogens is 959 g/mol. The van der Waals surface area contributed by atoms with Crippen LogP contribution in [0.4, 0.5) is 29.7 Å². The highest BCUT2D eigenvalue weighted by molar-refractivity contribution is 5.87. The number of ether oxygens (including phenoxy) is 1. The predicted octanol–water partition coefficient (Wildman–Crippen LogP) is 10.9. The quantitative estimate of drug-likeness (QED) is 0.0868. The first kappa shape index (κ1) is 51.3. The lowest BCUT2D eigenvalue weighted by Gasteiger charge is -2.39. The third-order valence-electron chi connectivity index (χ3n) is 16.2. The normalized spacial score (nSPS) is 21.9. The van der Waals surface area contributed by atoms with E-state index in [1.165, 1.54) is 26.3 Å². The molecule has 4 aromatic carbocycles. The number of H-pyrrole nitrogens is 2. The fourth-order valence-electron chi connectivity index (χ4n) is 12.5. The van der Waals surface area contributed by atoms with Gasteiger partial charge in [0.2, 0.25) is 11.8 Å². The maximum Gasteiger partial charge on any atom is 0.407 e. The molecule has 396 valence electrons. The third-order valence-corrected chi connectivity index (χ3v) is 16.2. The highest BCUT2D eigenvalue weighted by atomic mass is 19.1. The van der Waals surface area contributed by atoms with Crippen LogP contribution >= 0.6 is 0 Å². The average molecular weight is 1030 g/mol. The number of aromatic amines is 2. The highest BCUT2D eigenvalue weighted by Crippen LogP contribution is 2.50. The number of piperidine rings is 1. The number of carboxylic acid groups (broad SMARTS) is 1. The van der Waals surface area contributed by atoms with Gasteiger partial charge in [-0.15, -0.1) is 0 Å². The second-order valence-electron chi connectivity index (χ2n) is 21.5. The van der Waals surface area contributed by atoms with E-state index >= 15 is 8.78 Å². The monoisotopic (exact) mass is 1030 g/mol. The molecule has 6 aromatic rings. The summed E-state index contributed by atoms with van der Waals surface area (Å²) in [6, 6.07) is 21.8. The zero-order valence-corrected chi connectivity index (χ0v) is 43.6. The van der Waals surface area contributed by atoms with Gasteiger partial charge in [-0.2, -0.15) is 0 Å². The van der Waals surface area contributed by atoms with Gasteiger partial charge in [-0.05, 0) is 123 Å². The lowest BCUT2D eigenvalue weighted by molar-refractivity contribution is -0.138. The minimum atomic E-state index is -1.16. The maximum absolute atomic E-state index is 17.1. The number of imidazole rings is 2. The van der Waals surface area contributed by atoms with Crippen molar-refractivity contribution >= 4 is 57.4 Å². The molecule has 4 fully saturated rings. The third kappa shape index (κ3) is 9.83. The summed E-state index contributed by atoms with van der Waals surface area (Å²) in [7, 11) is 2.71. The van der Waals surface area contributed by atoms with E-state index in [9.17, 15) is 24.3 Å². The molecule has 6 heterocycles. The van der Waals surface area contributed by atoms with Gasteiger partial charge in [0.05, 0.1) is 59.4 Å². The molecule has 0 saturated carbocycles. The fourth-order valence-corrected chi connectivity index (χ4v) is 12.5. The SMILES string of the molecule is COC(=O)N[C@H](C(=O)N1CCC[C@H]1c1nc2cc([C@H]3CC[C@H](c4ccc5[nH]c([C@@H]6CCCN6C(=O)[C@H](C(C)C)N(C)C(=O)O)nc5c4)N3c3cc(F)c(N4CCCCC4c4ccccc4)c(F)c3)ccc2[nH]1)C(C)C. The van der Waals surface area contributed by atoms with Crippen molar-refractivity contribution < 1.29 is 37.8 Å². The summed E-state index contributed by atoms with van der Waals surface area (Å²) in [5.74, 6) is -0.865. The van der Waals surface area contributed by atoms with Gasteiger partial charge in [-0.1, -0.05) is 70.2 Å². The zero-order chi connectivity index (χ0) is 52.8. The molecular formula is C57H68F2N10O6. The molecule has 4 aliphatic rings. The molecule has 4 amide bonds. The van der Waals surface area contributed by atoms with Gasteiger partial charge in [0, 0.05) is 32.4 Å². The number of amides is 4. The summed E-state index contributed by atoms with van der Waals surface area (Å²) in [5.41, 5.74) is 6.17. The van der Waals surface area contributed by atoms with Crippen molar-refractivity contribution in [2.24, 2.45) is 11.8 Å². The first-order chi connectivity index (χ1) is 36.1. The molecule has 4 saturated heterocycles. The number of aromatic nitrogens is 4. The number of carbonyl (C=O) groups excluding carboxylic acids is 3. The predicted molar refractivity (Wildman–Crippen MR) is 282 cm³/mol. The van der Waals surface area contributed by atoms with Crippen LogP contribution in [0.1, 0.15) is 144 Å². The number of likely N-dealkylation sites (N-methyl/N-ethyl adjacent to an activating group) is 1. The van der Waals surface area contributed by atoms with Gasteiger partial charge in [0.15, 0.2) is 11.6 Å². The molecule has 0 bridgehead atoms. The van der Waals surface area contributed by atoms with Gasteiger partial charge >= 0.3 is 12.2 Å². The van der Waals surface area contributed by atoms with Crippen LogP contribution in [0.5, 0.6) is 0 Å². The highest BCUT2D eigenvalue weighted by Gasteiger charge is 2.42. The van der Waals surface area contributed by atoms with E-state index < -0.39 is 35.9 Å². The van der Waals surface area contributed by atoms with Crippen LogP contribution in [0.2, 0.25) is 0 Å². The van der Waals surface area contributed by atoms with Crippen LogP contribution in [-0.2, 0) is 14.3 Å². The van der Waals surface area contributed by atoms with Gasteiger partial charge in [0.1, 0.15) is 29.4 Å². The standard InChI is InChI=1S/C57H68F2N10O6/c1-32(2)49(64-56(72)75-6)54(70)67-26-12-17-47(67)52-60-40-21-19-35(28-42(40)62-52)45-23-24-46(69(45)37-30-38(58)51(39(59)31-37)66-25-11-10-16-44(66)34-14-8-7-9-15-34)36-20-22-41-43(29-36)63-53(61-41)48-18-13-27-68(48)55(71)50(33(3)4)65(5)57(73)74/h7-9,14-15,19-22,28-33,44-50H,10-13,16-18,23-27H2,1-6H3,(H,60,62)(H,61,63)(H,64,72)(H,73,74)/t44?,45-,46-,47+,48+,49+,50+/m1/s1. The van der Waals surface area contributed by atoms with Crippen LogP contribution in [0, 0.1) is 23.5 Å². The second kappa shape index (κ2) is 21.2. The molecule has 0 aliphatic carbocycles. The number of hydrogen-bond acceptors (Lipinski definition) is 9. The Morgan fingerprint density at radius 1 is 0.667 bits per heavy atom. The number of methoxy groups -OCH3 is 1. The van der Waals surface area contributed by atoms with Crippen LogP contribution in [-0.4, -0.2) is 110 Å². The van der Waals surface area contributed by atoms with Crippen molar-refractivity contribution in [2.45, 2.75) is 128 Å². The Morgan fingerprint density at radius 3 is 1.73 bits per heavy atom. The summed E-state index contributed by atoms with van der Waals surface area (Å²) < 4.78 is 39.0. The van der Waals surface area contributed by atoms with Gasteiger partial charge < -0.3 is 44.7 Å². The number of anilines is 2. The number of hydrogen-bond donors (Lipinski definition) is 4. The van der Waals surface area contributed by atoms with Gasteiger partial charge in [-0.25, -0.2) is 28.3 Å². The smallest absolute Gasteiger partial charge is 0.407 e. The van der Waals surface area contributed by atoms with E-state index in [0.717, 1.165) is 64.7 Å². The number of likely N-dealkylation sites (tertiary alicyclic amines) is 2. The Hall–Kier alpha value is -7.24. The summed E-state index contributed by atoms with van der Waals surface area (Å²) in [6.07, 6.45) is 4.91. The molecule has 2 aromatic heterocycles. The Labute approximate surface area is 435 Å². The Kier molecular flexibility index (Phi) is 14.5. The number of rotatable bonds is 13. The number of nitrogens with one attached hydrogen (secondary N) is 3. The molecule has 1 unspecified atom stereocenters. The number of benzene rings is 4. The van der Waals surface area contributed by atoms with Crippen molar-refractivity contribution in [1.82, 2.24) is 40.0 Å². The summed E-state index contributed by atoms with van der Waals surface area (Å²) in [4.78, 5) is 78.1. The fraction of sp³-hybridized carbons (Fsp3) is 0.474. The topological polar surface area (TPSA) is 183 Å². The van der Waals surface area contributed by atoms with E-state index in [2.05, 4.69) is 20.2 Å². The minimum absolute atomic E-state index is 0.0236. The Balaban J connectivity index is 0.995.